The van der Waals surface area contributed by atoms with E-state index in [-0.39, 0.29) is 11.6 Å². The van der Waals surface area contributed by atoms with Crippen molar-refractivity contribution in [2.75, 3.05) is 24.2 Å². The zero-order valence-corrected chi connectivity index (χ0v) is 22.1. The van der Waals surface area contributed by atoms with Crippen molar-refractivity contribution in [3.63, 3.8) is 0 Å². The Morgan fingerprint density at radius 2 is 1.11 bits per heavy atom. The van der Waals surface area contributed by atoms with Crippen molar-refractivity contribution < 1.29 is 38.2 Å². The normalized spacial score (nSPS) is 13.8. The summed E-state index contributed by atoms with van der Waals surface area (Å²) in [5.74, 6) is 0.570. The molecule has 0 unspecified atom stereocenters. The van der Waals surface area contributed by atoms with E-state index in [0.29, 0.717) is 35.4 Å². The van der Waals surface area contributed by atoms with Crippen molar-refractivity contribution in [2.45, 2.75) is 39.1 Å². The van der Waals surface area contributed by atoms with Crippen LogP contribution in [0.4, 0.5) is 11.6 Å². The number of nitrogens with zero attached hydrogens (tertiary/aromatic N) is 8. The summed E-state index contributed by atoms with van der Waals surface area (Å²) in [6.07, 6.45) is 3.70. The molecule has 4 rings (SSSR count). The molecule has 0 aliphatic rings. The molecule has 0 bridgehead atoms. The molecule has 208 valence electrons. The molecule has 18 nitrogen and oxygen atoms in total. The number of fused-ring (bicyclic) bond motifs is 2. The minimum absolute atomic E-state index is 0.285. The van der Waals surface area contributed by atoms with Crippen molar-refractivity contribution in [3.8, 4) is 0 Å². The van der Waals surface area contributed by atoms with Gasteiger partial charge in [-0.15, -0.1) is 0 Å². The van der Waals surface area contributed by atoms with Gasteiger partial charge in [0.1, 0.15) is 36.4 Å². The van der Waals surface area contributed by atoms with Gasteiger partial charge in [-0.3, -0.25) is 9.13 Å². The smallest absolute Gasteiger partial charge is 0.350 e. The Kier molecular flexibility index (Phi) is 9.45. The predicted octanol–water partition coefficient (Wildman–Crippen LogP) is -0.102. The van der Waals surface area contributed by atoms with E-state index in [4.69, 9.17) is 40.5 Å². The number of imidazole rings is 2. The van der Waals surface area contributed by atoms with Crippen LogP contribution in [-0.2, 0) is 31.7 Å². The maximum Gasteiger partial charge on any atom is 0.350 e. The summed E-state index contributed by atoms with van der Waals surface area (Å²) >= 11 is 0. The molecule has 0 saturated carbocycles. The van der Waals surface area contributed by atoms with Crippen LogP contribution in [0.15, 0.2) is 25.3 Å². The van der Waals surface area contributed by atoms with Gasteiger partial charge in [0.25, 0.3) is 0 Å². The van der Waals surface area contributed by atoms with E-state index in [9.17, 15) is 9.13 Å². The molecule has 4 heterocycles. The van der Waals surface area contributed by atoms with Gasteiger partial charge in [-0.1, -0.05) is 0 Å². The maximum atomic E-state index is 10.7. The van der Waals surface area contributed by atoms with E-state index < -0.39 is 40.1 Å². The fourth-order valence-corrected chi connectivity index (χ4v) is 4.07. The number of hydrogen-bond acceptors (Lipinski definition) is 12. The first-order chi connectivity index (χ1) is 17.7. The molecule has 38 heavy (non-hydrogen) atoms. The molecule has 0 aromatic carbocycles. The average molecular weight is 574 g/mol. The van der Waals surface area contributed by atoms with Gasteiger partial charge >= 0.3 is 15.2 Å². The van der Waals surface area contributed by atoms with Crippen molar-refractivity contribution >= 4 is 49.2 Å². The lowest BCUT2D eigenvalue weighted by Crippen LogP contribution is -2.17. The summed E-state index contributed by atoms with van der Waals surface area (Å²) in [5, 5.41) is 0. The molecule has 2 atom stereocenters. The van der Waals surface area contributed by atoms with Crippen LogP contribution in [0.1, 0.15) is 13.8 Å². The second-order valence-electron chi connectivity index (χ2n) is 8.20. The van der Waals surface area contributed by atoms with Crippen LogP contribution >= 0.6 is 15.2 Å². The summed E-state index contributed by atoms with van der Waals surface area (Å²) in [6.45, 7) is 4.11. The number of ether oxygens (including phenoxy) is 2. The summed E-state index contributed by atoms with van der Waals surface area (Å²) in [5.41, 5.74) is 13.4. The van der Waals surface area contributed by atoms with Crippen LogP contribution < -0.4 is 11.5 Å². The number of nitrogens with two attached hydrogens (primary N) is 2. The fraction of sp³-hybridized carbons (Fsp3) is 0.444. The van der Waals surface area contributed by atoms with E-state index >= 15 is 0 Å². The molecule has 0 radical (unpaired) electrons. The van der Waals surface area contributed by atoms with Gasteiger partial charge in [0, 0.05) is 0 Å². The van der Waals surface area contributed by atoms with Crippen LogP contribution in [0.5, 0.6) is 0 Å². The number of aromatic nitrogens is 8. The first kappa shape index (κ1) is 29.5. The molecule has 0 saturated heterocycles. The fourth-order valence-electron chi connectivity index (χ4n) is 3.17. The number of rotatable bonds is 10. The minimum Gasteiger partial charge on any atom is -0.382 e. The Hall–Kier alpha value is -3.08. The first-order valence-electron chi connectivity index (χ1n) is 10.9. The quantitative estimate of drug-likeness (QED) is 0.135. The van der Waals surface area contributed by atoms with E-state index in [1.807, 2.05) is 0 Å². The Balaban J connectivity index is 0.000000211. The van der Waals surface area contributed by atoms with Gasteiger partial charge in [0.2, 0.25) is 0 Å². The Bertz CT molecular complexity index is 1360. The molecule has 0 amide bonds. The Labute approximate surface area is 215 Å². The molecule has 0 spiro atoms. The molecular formula is C18H28N10O8P2. The highest BCUT2D eigenvalue weighted by atomic mass is 31.2. The van der Waals surface area contributed by atoms with Crippen molar-refractivity contribution in [1.82, 2.24) is 39.0 Å². The second-order valence-corrected chi connectivity index (χ2v) is 11.4. The third kappa shape index (κ3) is 8.47. The van der Waals surface area contributed by atoms with Gasteiger partial charge in [-0.25, -0.2) is 29.9 Å². The predicted molar refractivity (Wildman–Crippen MR) is 134 cm³/mol. The molecule has 8 N–H and O–H groups in total. The molecule has 0 aliphatic carbocycles. The van der Waals surface area contributed by atoms with Gasteiger partial charge in [0.15, 0.2) is 22.9 Å². The van der Waals surface area contributed by atoms with E-state index in [1.165, 1.54) is 25.3 Å². The topological polar surface area (TPSA) is 273 Å². The van der Waals surface area contributed by atoms with Gasteiger partial charge in [-0.05, 0) is 13.8 Å². The molecule has 0 aliphatic heterocycles. The molecule has 0 fully saturated rings. The second kappa shape index (κ2) is 12.2. The lowest BCUT2D eigenvalue weighted by Gasteiger charge is -2.14. The van der Waals surface area contributed by atoms with Crippen LogP contribution in [0.25, 0.3) is 22.3 Å². The Morgan fingerprint density at radius 3 is 1.45 bits per heavy atom. The van der Waals surface area contributed by atoms with Crippen molar-refractivity contribution in [3.05, 3.63) is 25.3 Å². The van der Waals surface area contributed by atoms with E-state index in [2.05, 4.69) is 29.9 Å². The summed E-state index contributed by atoms with van der Waals surface area (Å²) < 4.78 is 34.9. The lowest BCUT2D eigenvalue weighted by molar-refractivity contribution is 0.0764. The highest BCUT2D eigenvalue weighted by molar-refractivity contribution is 7.51. The van der Waals surface area contributed by atoms with E-state index in [1.54, 1.807) is 23.0 Å². The largest absolute Gasteiger partial charge is 0.382 e. The van der Waals surface area contributed by atoms with Crippen LogP contribution in [0.3, 0.4) is 0 Å². The summed E-state index contributed by atoms with van der Waals surface area (Å²) in [6, 6.07) is 0. The van der Waals surface area contributed by atoms with Crippen LogP contribution in [0.2, 0.25) is 0 Å². The molecule has 4 aromatic rings. The van der Waals surface area contributed by atoms with Crippen LogP contribution in [0, 0.1) is 0 Å². The zero-order chi connectivity index (χ0) is 28.1. The highest BCUT2D eigenvalue weighted by Gasteiger charge is 2.18. The van der Waals surface area contributed by atoms with Crippen LogP contribution in [-0.4, -0.2) is 83.5 Å². The van der Waals surface area contributed by atoms with Gasteiger partial charge in [0.05, 0.1) is 38.0 Å². The highest BCUT2D eigenvalue weighted by Crippen LogP contribution is 2.35. The molecule has 4 aromatic heterocycles. The first-order valence-corrected chi connectivity index (χ1v) is 14.5. The standard InChI is InChI=1S/2C9H14N5O4P/c2*1-6(18-5-19(15,16)17)2-14-4-13-7-8(10)11-3-12-9(7)14/h2*3-4,6H,2,5H2,1H3,(H2,10,11,12)(H2,15,16,17)/t2*6-/m11/s1. The Morgan fingerprint density at radius 1 is 0.737 bits per heavy atom. The summed E-state index contributed by atoms with van der Waals surface area (Å²) in [4.78, 5) is 58.9. The number of anilines is 2. The maximum absolute atomic E-state index is 10.7. The minimum atomic E-state index is -4.16. The van der Waals surface area contributed by atoms with Gasteiger partial charge in [-0.2, -0.15) is 0 Å². The van der Waals surface area contributed by atoms with E-state index in [0.717, 1.165) is 0 Å². The van der Waals surface area contributed by atoms with Crippen molar-refractivity contribution in [1.29, 1.82) is 0 Å². The number of nitrogen functional groups attached to an aromatic ring is 2. The molecular weight excluding hydrogens is 546 g/mol. The average Bonchev–Trinajstić information content (AvgIpc) is 3.42. The SMILES string of the molecule is C[C@H](Cn1cnc2c(N)ncnc21)OCP(=O)(O)O.C[C@H](Cn1cnc2c(N)ncnc21)OCP(=O)(O)O. The van der Waals surface area contributed by atoms with Gasteiger partial charge < -0.3 is 49.6 Å². The third-order valence-corrected chi connectivity index (χ3v) is 5.79. The lowest BCUT2D eigenvalue weighted by atomic mass is 10.4. The zero-order valence-electron chi connectivity index (χ0n) is 20.3. The molecule has 20 heteroatoms. The number of hydrogen-bond donors (Lipinski definition) is 6. The van der Waals surface area contributed by atoms with Crippen molar-refractivity contribution in [2.24, 2.45) is 0 Å². The summed E-state index contributed by atoms with van der Waals surface area (Å²) in [7, 11) is -8.32. The monoisotopic (exact) mass is 574 g/mol. The third-order valence-electron chi connectivity index (χ3n) is 4.82.